The molecule has 0 atom stereocenters. The van der Waals surface area contributed by atoms with E-state index in [1.54, 1.807) is 6.92 Å². The molecule has 1 rings (SSSR count). The fourth-order valence-corrected chi connectivity index (χ4v) is 1.08. The Bertz CT molecular complexity index is 390. The van der Waals surface area contributed by atoms with Gasteiger partial charge in [-0.05, 0) is 0 Å². The standard InChI is InChI=1S/C9H14N4O4/c1-6-12-7(13-17-6)2-4-10-9(16)11-5-3-8(14)15/h2-5H2,1H3,(H,14,15)(H2,10,11,16). The monoisotopic (exact) mass is 242 g/mol. The van der Waals surface area contributed by atoms with Gasteiger partial charge in [0.2, 0.25) is 5.89 Å². The molecule has 1 heterocycles. The SMILES string of the molecule is Cc1nc(CCNC(=O)NCCC(=O)O)no1. The Balaban J connectivity index is 2.10. The smallest absolute Gasteiger partial charge is 0.314 e. The quantitative estimate of drug-likeness (QED) is 0.630. The lowest BCUT2D eigenvalue weighted by molar-refractivity contribution is -0.136. The number of hydrogen-bond acceptors (Lipinski definition) is 5. The highest BCUT2D eigenvalue weighted by atomic mass is 16.5. The minimum absolute atomic E-state index is 0.0997. The lowest BCUT2D eigenvalue weighted by Gasteiger charge is -2.04. The molecule has 0 aliphatic rings. The Morgan fingerprint density at radius 3 is 2.65 bits per heavy atom. The third kappa shape index (κ3) is 5.50. The molecule has 0 radical (unpaired) electrons. The number of nitrogens with one attached hydrogen (secondary N) is 2. The first-order chi connectivity index (χ1) is 8.08. The van der Waals surface area contributed by atoms with E-state index in [2.05, 4.69) is 20.8 Å². The summed E-state index contributed by atoms with van der Waals surface area (Å²) in [6, 6.07) is -0.411. The molecule has 0 aromatic carbocycles. The van der Waals surface area contributed by atoms with Gasteiger partial charge in [0, 0.05) is 26.4 Å². The lowest BCUT2D eigenvalue weighted by atomic mass is 10.4. The van der Waals surface area contributed by atoms with Crippen LogP contribution in [0.4, 0.5) is 4.79 Å². The van der Waals surface area contributed by atoms with E-state index in [1.165, 1.54) is 0 Å². The van der Waals surface area contributed by atoms with E-state index in [9.17, 15) is 9.59 Å². The summed E-state index contributed by atoms with van der Waals surface area (Å²) in [6.07, 6.45) is 0.362. The van der Waals surface area contributed by atoms with E-state index in [0.717, 1.165) is 0 Å². The average molecular weight is 242 g/mol. The van der Waals surface area contributed by atoms with Crippen LogP contribution in [-0.4, -0.2) is 40.3 Å². The first-order valence-electron chi connectivity index (χ1n) is 5.10. The van der Waals surface area contributed by atoms with Crippen molar-refractivity contribution in [3.63, 3.8) is 0 Å². The minimum atomic E-state index is -0.951. The molecule has 0 aliphatic carbocycles. The first-order valence-corrected chi connectivity index (χ1v) is 5.10. The van der Waals surface area contributed by atoms with E-state index in [0.29, 0.717) is 24.7 Å². The summed E-state index contributed by atoms with van der Waals surface area (Å²) in [7, 11) is 0. The van der Waals surface area contributed by atoms with Gasteiger partial charge in [-0.25, -0.2) is 4.79 Å². The van der Waals surface area contributed by atoms with Crippen LogP contribution >= 0.6 is 0 Å². The maximum atomic E-state index is 11.1. The van der Waals surface area contributed by atoms with Gasteiger partial charge in [0.15, 0.2) is 5.82 Å². The molecular formula is C9H14N4O4. The van der Waals surface area contributed by atoms with E-state index in [-0.39, 0.29) is 13.0 Å². The summed E-state index contributed by atoms with van der Waals surface area (Å²) in [5.41, 5.74) is 0. The maximum absolute atomic E-state index is 11.1. The topological polar surface area (TPSA) is 117 Å². The second-order valence-corrected chi connectivity index (χ2v) is 3.31. The maximum Gasteiger partial charge on any atom is 0.314 e. The van der Waals surface area contributed by atoms with E-state index >= 15 is 0 Å². The van der Waals surface area contributed by atoms with Gasteiger partial charge in [-0.1, -0.05) is 5.16 Å². The van der Waals surface area contributed by atoms with Gasteiger partial charge in [0.05, 0.1) is 6.42 Å². The summed E-state index contributed by atoms with van der Waals surface area (Å²) < 4.78 is 4.76. The lowest BCUT2D eigenvalue weighted by Crippen LogP contribution is -2.37. The Labute approximate surface area is 97.4 Å². The van der Waals surface area contributed by atoms with Crippen LogP contribution in [0.25, 0.3) is 0 Å². The Morgan fingerprint density at radius 1 is 1.35 bits per heavy atom. The molecule has 17 heavy (non-hydrogen) atoms. The fraction of sp³-hybridized carbons (Fsp3) is 0.556. The molecule has 0 fully saturated rings. The first kappa shape index (κ1) is 12.9. The molecule has 8 heteroatoms. The summed E-state index contributed by atoms with van der Waals surface area (Å²) in [5.74, 6) is 0.0480. The van der Waals surface area contributed by atoms with Gasteiger partial charge < -0.3 is 20.3 Å². The zero-order valence-electron chi connectivity index (χ0n) is 9.39. The van der Waals surface area contributed by atoms with Crippen LogP contribution in [-0.2, 0) is 11.2 Å². The van der Waals surface area contributed by atoms with Crippen molar-refractivity contribution < 1.29 is 19.2 Å². The summed E-state index contributed by atoms with van der Waals surface area (Å²) in [4.78, 5) is 25.3. The van der Waals surface area contributed by atoms with Gasteiger partial charge in [0.25, 0.3) is 0 Å². The van der Waals surface area contributed by atoms with E-state index in [1.807, 2.05) is 0 Å². The van der Waals surface area contributed by atoms with Crippen molar-refractivity contribution in [2.24, 2.45) is 0 Å². The van der Waals surface area contributed by atoms with Crippen LogP contribution in [0.2, 0.25) is 0 Å². The molecule has 1 aromatic heterocycles. The van der Waals surface area contributed by atoms with Crippen molar-refractivity contribution in [3.05, 3.63) is 11.7 Å². The number of aryl methyl sites for hydroxylation is 1. The zero-order valence-corrected chi connectivity index (χ0v) is 9.39. The number of carbonyl (C=O) groups excluding carboxylic acids is 1. The van der Waals surface area contributed by atoms with Crippen LogP contribution in [0, 0.1) is 6.92 Å². The number of aromatic nitrogens is 2. The Kier molecular flexibility index (Phi) is 4.92. The molecule has 0 spiro atoms. The van der Waals surface area contributed by atoms with Crippen LogP contribution in [0.15, 0.2) is 4.52 Å². The third-order valence-corrected chi connectivity index (χ3v) is 1.83. The molecule has 0 bridgehead atoms. The molecule has 8 nitrogen and oxygen atoms in total. The van der Waals surface area contributed by atoms with Crippen LogP contribution < -0.4 is 10.6 Å². The Hall–Kier alpha value is -2.12. The van der Waals surface area contributed by atoms with Crippen molar-refractivity contribution in [1.29, 1.82) is 0 Å². The minimum Gasteiger partial charge on any atom is -0.481 e. The molecule has 0 saturated heterocycles. The summed E-state index contributed by atoms with van der Waals surface area (Å²) in [5, 5.41) is 17.0. The van der Waals surface area contributed by atoms with E-state index < -0.39 is 12.0 Å². The largest absolute Gasteiger partial charge is 0.481 e. The summed E-state index contributed by atoms with van der Waals surface area (Å²) >= 11 is 0. The van der Waals surface area contributed by atoms with Crippen molar-refractivity contribution >= 4 is 12.0 Å². The second kappa shape index (κ2) is 6.46. The van der Waals surface area contributed by atoms with Crippen molar-refractivity contribution in [3.8, 4) is 0 Å². The highest BCUT2D eigenvalue weighted by Gasteiger charge is 2.04. The number of carboxylic acids is 1. The number of nitrogens with zero attached hydrogens (tertiary/aromatic N) is 2. The van der Waals surface area contributed by atoms with Gasteiger partial charge >= 0.3 is 12.0 Å². The van der Waals surface area contributed by atoms with Crippen LogP contribution in [0.1, 0.15) is 18.1 Å². The predicted molar refractivity (Wildman–Crippen MR) is 56.4 cm³/mol. The number of urea groups is 1. The second-order valence-electron chi connectivity index (χ2n) is 3.31. The van der Waals surface area contributed by atoms with Gasteiger partial charge in [-0.2, -0.15) is 4.98 Å². The highest BCUT2D eigenvalue weighted by Crippen LogP contribution is 1.94. The molecule has 0 unspecified atom stereocenters. The van der Waals surface area contributed by atoms with E-state index in [4.69, 9.17) is 9.63 Å². The fourth-order valence-electron chi connectivity index (χ4n) is 1.08. The normalized spacial score (nSPS) is 9.94. The van der Waals surface area contributed by atoms with Crippen molar-refractivity contribution in [1.82, 2.24) is 20.8 Å². The van der Waals surface area contributed by atoms with Gasteiger partial charge in [-0.3, -0.25) is 4.79 Å². The number of amides is 2. The van der Waals surface area contributed by atoms with Crippen LogP contribution in [0.5, 0.6) is 0 Å². The number of carboxylic acid groups (broad SMARTS) is 1. The zero-order chi connectivity index (χ0) is 12.7. The summed E-state index contributed by atoms with van der Waals surface area (Å²) in [6.45, 7) is 2.14. The molecule has 1 aromatic rings. The highest BCUT2D eigenvalue weighted by molar-refractivity contribution is 5.74. The van der Waals surface area contributed by atoms with Crippen molar-refractivity contribution in [2.45, 2.75) is 19.8 Å². The van der Waals surface area contributed by atoms with Crippen molar-refractivity contribution in [2.75, 3.05) is 13.1 Å². The number of hydrogen-bond donors (Lipinski definition) is 3. The molecule has 94 valence electrons. The molecular weight excluding hydrogens is 228 g/mol. The molecule has 0 aliphatic heterocycles. The van der Waals surface area contributed by atoms with Gasteiger partial charge in [-0.15, -0.1) is 0 Å². The Morgan fingerprint density at radius 2 is 2.06 bits per heavy atom. The van der Waals surface area contributed by atoms with Crippen LogP contribution in [0.3, 0.4) is 0 Å². The molecule has 3 N–H and O–H groups in total. The number of rotatable bonds is 6. The predicted octanol–water partition coefficient (Wildman–Crippen LogP) is -0.306. The third-order valence-electron chi connectivity index (χ3n) is 1.83. The molecule has 0 saturated carbocycles. The average Bonchev–Trinajstić information content (AvgIpc) is 2.63. The number of carbonyl (C=O) groups is 2. The number of aliphatic carboxylic acids is 1. The van der Waals surface area contributed by atoms with Gasteiger partial charge in [0.1, 0.15) is 0 Å². The molecule has 2 amide bonds.